The van der Waals surface area contributed by atoms with Crippen LogP contribution in [0, 0.1) is 11.8 Å². The maximum atomic E-state index is 11.9. The maximum Gasteiger partial charge on any atom is 0.269 e. The topological polar surface area (TPSA) is 58.9 Å². The number of nitrogens with zero attached hydrogens (tertiary/aromatic N) is 2. The summed E-state index contributed by atoms with van der Waals surface area (Å²) in [6.45, 7) is 5.07. The van der Waals surface area contributed by atoms with Gasteiger partial charge in [0.15, 0.2) is 0 Å². The number of hydrogen-bond acceptors (Lipinski definition) is 3. The van der Waals surface area contributed by atoms with Crippen molar-refractivity contribution >= 4 is 5.91 Å². The zero-order valence-electron chi connectivity index (χ0n) is 10.4. The van der Waals surface area contributed by atoms with E-state index in [4.69, 9.17) is 0 Å². The molecule has 0 spiro atoms. The van der Waals surface area contributed by atoms with Gasteiger partial charge in [-0.15, -0.1) is 0 Å². The summed E-state index contributed by atoms with van der Waals surface area (Å²) >= 11 is 0. The van der Waals surface area contributed by atoms with Crippen LogP contribution in [0.15, 0.2) is 12.3 Å². The van der Waals surface area contributed by atoms with E-state index in [1.165, 1.54) is 6.42 Å². The zero-order chi connectivity index (χ0) is 12.3. The third kappa shape index (κ3) is 2.85. The molecule has 5 nitrogen and oxygen atoms in total. The minimum Gasteiger partial charge on any atom is -0.350 e. The lowest BCUT2D eigenvalue weighted by Gasteiger charge is -2.29. The summed E-state index contributed by atoms with van der Waals surface area (Å²) in [5, 5.41) is 10.3. The lowest BCUT2D eigenvalue weighted by molar-refractivity contribution is 0.0929. The van der Waals surface area contributed by atoms with E-state index in [0.717, 1.165) is 19.6 Å². The van der Waals surface area contributed by atoms with Crippen LogP contribution in [0.25, 0.3) is 0 Å². The number of hydrogen-bond donors (Lipinski definition) is 2. The lowest BCUT2D eigenvalue weighted by Crippen LogP contribution is -2.42. The maximum absolute atomic E-state index is 11.9. The van der Waals surface area contributed by atoms with E-state index < -0.39 is 0 Å². The van der Waals surface area contributed by atoms with Gasteiger partial charge in [0, 0.05) is 19.8 Å². The molecular weight excluding hydrogens is 216 g/mol. The van der Waals surface area contributed by atoms with Crippen molar-refractivity contribution in [1.82, 2.24) is 20.4 Å². The fraction of sp³-hybridized carbons (Fsp3) is 0.667. The zero-order valence-corrected chi connectivity index (χ0v) is 10.4. The Kier molecular flexibility index (Phi) is 3.78. The molecule has 2 N–H and O–H groups in total. The number of aromatic nitrogens is 2. The monoisotopic (exact) mass is 236 g/mol. The summed E-state index contributed by atoms with van der Waals surface area (Å²) in [6.07, 6.45) is 2.83. The third-order valence-corrected chi connectivity index (χ3v) is 3.57. The Labute approximate surface area is 102 Å². The summed E-state index contributed by atoms with van der Waals surface area (Å²) < 4.78 is 1.60. The highest BCUT2D eigenvalue weighted by Gasteiger charge is 2.21. The quantitative estimate of drug-likeness (QED) is 0.798. The molecule has 2 rings (SSSR count). The highest BCUT2D eigenvalue weighted by Crippen LogP contribution is 2.17. The predicted molar refractivity (Wildman–Crippen MR) is 65.7 cm³/mol. The molecule has 1 amide bonds. The van der Waals surface area contributed by atoms with Gasteiger partial charge in [-0.3, -0.25) is 9.48 Å². The Bertz CT molecular complexity index is 388. The summed E-state index contributed by atoms with van der Waals surface area (Å²) in [7, 11) is 1.78. The van der Waals surface area contributed by atoms with E-state index in [1.807, 2.05) is 0 Å². The second-order valence-electron chi connectivity index (χ2n) is 4.78. The van der Waals surface area contributed by atoms with Crippen molar-refractivity contribution in [3.8, 4) is 0 Å². The summed E-state index contributed by atoms with van der Waals surface area (Å²) in [5.41, 5.74) is 0.612. The molecule has 2 atom stereocenters. The molecule has 94 valence electrons. The highest BCUT2D eigenvalue weighted by atomic mass is 16.2. The number of piperidine rings is 1. The number of carbonyl (C=O) groups excluding carboxylic acids is 1. The Balaban J connectivity index is 1.86. The molecule has 1 aromatic heterocycles. The number of aryl methyl sites for hydroxylation is 1. The minimum absolute atomic E-state index is 0.0391. The first-order chi connectivity index (χ1) is 8.18. The number of nitrogens with one attached hydrogen (secondary N) is 2. The van der Waals surface area contributed by atoms with Crippen LogP contribution in [-0.2, 0) is 7.05 Å². The van der Waals surface area contributed by atoms with Crippen LogP contribution >= 0.6 is 0 Å². The molecule has 17 heavy (non-hydrogen) atoms. The third-order valence-electron chi connectivity index (χ3n) is 3.57. The number of rotatable bonds is 3. The van der Waals surface area contributed by atoms with Crippen LogP contribution in [0.3, 0.4) is 0 Å². The van der Waals surface area contributed by atoms with Gasteiger partial charge < -0.3 is 10.6 Å². The predicted octanol–water partition coefficient (Wildman–Crippen LogP) is 0.395. The molecule has 0 aromatic carbocycles. The highest BCUT2D eigenvalue weighted by molar-refractivity contribution is 5.92. The standard InChI is InChI=1S/C12H20N4O/c1-9-3-5-13-7-10(9)8-14-12(17)11-4-6-15-16(11)2/h4,6,9-10,13H,3,5,7-8H2,1-2H3,(H,14,17). The molecule has 1 aliphatic heterocycles. The van der Waals surface area contributed by atoms with Crippen molar-refractivity contribution in [3.63, 3.8) is 0 Å². The first-order valence-corrected chi connectivity index (χ1v) is 6.15. The van der Waals surface area contributed by atoms with Gasteiger partial charge in [-0.2, -0.15) is 5.10 Å². The first-order valence-electron chi connectivity index (χ1n) is 6.15. The van der Waals surface area contributed by atoms with Crippen LogP contribution in [0.5, 0.6) is 0 Å². The van der Waals surface area contributed by atoms with Crippen molar-refractivity contribution in [2.75, 3.05) is 19.6 Å². The molecule has 1 aromatic rings. The smallest absolute Gasteiger partial charge is 0.269 e. The van der Waals surface area contributed by atoms with Gasteiger partial charge in [0.05, 0.1) is 0 Å². The van der Waals surface area contributed by atoms with Crippen molar-refractivity contribution in [2.24, 2.45) is 18.9 Å². The van der Waals surface area contributed by atoms with Crippen LogP contribution in [0.2, 0.25) is 0 Å². The summed E-state index contributed by atoms with van der Waals surface area (Å²) in [5.74, 6) is 1.16. The Morgan fingerprint density at radius 3 is 3.18 bits per heavy atom. The molecule has 2 heterocycles. The van der Waals surface area contributed by atoms with Crippen molar-refractivity contribution in [1.29, 1.82) is 0 Å². The fourth-order valence-electron chi connectivity index (χ4n) is 2.24. The largest absolute Gasteiger partial charge is 0.350 e. The van der Waals surface area contributed by atoms with E-state index in [0.29, 0.717) is 17.5 Å². The van der Waals surface area contributed by atoms with E-state index >= 15 is 0 Å². The molecule has 0 aliphatic carbocycles. The average Bonchev–Trinajstić information content (AvgIpc) is 2.74. The molecule has 2 unspecified atom stereocenters. The van der Waals surface area contributed by atoms with Gasteiger partial charge in [-0.25, -0.2) is 0 Å². The van der Waals surface area contributed by atoms with Gasteiger partial charge in [-0.1, -0.05) is 6.92 Å². The van der Waals surface area contributed by atoms with E-state index in [9.17, 15) is 4.79 Å². The van der Waals surface area contributed by atoms with Crippen molar-refractivity contribution in [3.05, 3.63) is 18.0 Å². The van der Waals surface area contributed by atoms with Crippen molar-refractivity contribution < 1.29 is 4.79 Å². The van der Waals surface area contributed by atoms with Crippen LogP contribution in [-0.4, -0.2) is 35.3 Å². The number of amides is 1. The fourth-order valence-corrected chi connectivity index (χ4v) is 2.24. The molecule has 1 aliphatic rings. The van der Waals surface area contributed by atoms with E-state index in [2.05, 4.69) is 22.7 Å². The molecule has 1 fully saturated rings. The molecule has 0 saturated carbocycles. The Hall–Kier alpha value is -1.36. The number of carbonyl (C=O) groups is 1. The molecule has 0 radical (unpaired) electrons. The second kappa shape index (κ2) is 5.31. The SMILES string of the molecule is CC1CCNCC1CNC(=O)c1ccnn1C. The summed E-state index contributed by atoms with van der Waals surface area (Å²) in [6, 6.07) is 1.73. The summed E-state index contributed by atoms with van der Waals surface area (Å²) in [4.78, 5) is 11.9. The molecule has 1 saturated heterocycles. The second-order valence-corrected chi connectivity index (χ2v) is 4.78. The van der Waals surface area contributed by atoms with Gasteiger partial charge in [0.25, 0.3) is 5.91 Å². The Morgan fingerprint density at radius 1 is 1.71 bits per heavy atom. The minimum atomic E-state index is -0.0391. The van der Waals surface area contributed by atoms with Gasteiger partial charge in [0.1, 0.15) is 5.69 Å². The van der Waals surface area contributed by atoms with Crippen LogP contribution < -0.4 is 10.6 Å². The molecular formula is C12H20N4O. The normalized spacial score (nSPS) is 24.6. The van der Waals surface area contributed by atoms with Gasteiger partial charge in [0.2, 0.25) is 0 Å². The van der Waals surface area contributed by atoms with Gasteiger partial charge in [-0.05, 0) is 37.4 Å². The van der Waals surface area contributed by atoms with Gasteiger partial charge >= 0.3 is 0 Å². The van der Waals surface area contributed by atoms with E-state index in [-0.39, 0.29) is 5.91 Å². The Morgan fingerprint density at radius 2 is 2.53 bits per heavy atom. The first kappa shape index (κ1) is 12.1. The van der Waals surface area contributed by atoms with E-state index in [1.54, 1.807) is 24.0 Å². The molecule has 5 heteroatoms. The van der Waals surface area contributed by atoms with Crippen LogP contribution in [0.1, 0.15) is 23.8 Å². The lowest BCUT2D eigenvalue weighted by atomic mass is 9.88. The van der Waals surface area contributed by atoms with Crippen LogP contribution in [0.4, 0.5) is 0 Å². The molecule has 0 bridgehead atoms. The van der Waals surface area contributed by atoms with Crippen molar-refractivity contribution in [2.45, 2.75) is 13.3 Å². The average molecular weight is 236 g/mol.